The first-order valence-corrected chi connectivity index (χ1v) is 8.22. The first kappa shape index (κ1) is 17.5. The van der Waals surface area contributed by atoms with Crippen molar-refractivity contribution in [2.45, 2.75) is 39.7 Å². The number of rotatable bonds is 5. The Balaban J connectivity index is 1.95. The van der Waals surface area contributed by atoms with Gasteiger partial charge in [-0.15, -0.1) is 0 Å². The van der Waals surface area contributed by atoms with Gasteiger partial charge in [-0.1, -0.05) is 19.0 Å². The Bertz CT molecular complexity index is 554. The second-order valence-electron chi connectivity index (χ2n) is 6.23. The number of nitrogens with zero attached hydrogens (tertiary/aromatic N) is 2. The highest BCUT2D eigenvalue weighted by Gasteiger charge is 2.26. The number of benzene rings is 1. The van der Waals surface area contributed by atoms with Crippen LogP contribution >= 0.6 is 0 Å². The number of ether oxygens (including phenoxy) is 1. The highest BCUT2D eigenvalue weighted by atomic mass is 16.7. The first-order chi connectivity index (χ1) is 11.0. The van der Waals surface area contributed by atoms with Gasteiger partial charge >= 0.3 is 5.97 Å². The van der Waals surface area contributed by atoms with Gasteiger partial charge in [0.25, 0.3) is 0 Å². The molecule has 0 bridgehead atoms. The minimum atomic E-state index is -0.432. The monoisotopic (exact) mass is 318 g/mol. The van der Waals surface area contributed by atoms with Crippen molar-refractivity contribution in [1.29, 1.82) is 0 Å². The van der Waals surface area contributed by atoms with E-state index in [9.17, 15) is 4.79 Å². The van der Waals surface area contributed by atoms with E-state index in [1.807, 2.05) is 0 Å². The number of hydrogen-bond acceptors (Lipinski definition) is 5. The summed E-state index contributed by atoms with van der Waals surface area (Å²) in [7, 11) is 2.10. The van der Waals surface area contributed by atoms with Gasteiger partial charge in [-0.25, -0.2) is 4.79 Å². The Morgan fingerprint density at radius 2 is 2.00 bits per heavy atom. The standard InChI is InChI=1S/C18H26N2O3/c1-5-10-22-16-8-6-15(7-9-16)18(21)23-19-17-11-14(3)20(4)12-13(17)2/h6-9,13-14H,5,10-12H2,1-4H3/t13-,14+/m0/s1. The molecule has 1 aromatic carbocycles. The average Bonchev–Trinajstić information content (AvgIpc) is 2.55. The van der Waals surface area contributed by atoms with Gasteiger partial charge < -0.3 is 14.5 Å². The Morgan fingerprint density at radius 1 is 1.30 bits per heavy atom. The molecule has 1 aliphatic heterocycles. The minimum absolute atomic E-state index is 0.300. The lowest BCUT2D eigenvalue weighted by Crippen LogP contribution is -2.43. The number of carbonyl (C=O) groups is 1. The van der Waals surface area contributed by atoms with Crippen molar-refractivity contribution < 1.29 is 14.4 Å². The van der Waals surface area contributed by atoms with Gasteiger partial charge in [0.1, 0.15) is 5.75 Å². The molecule has 1 saturated heterocycles. The van der Waals surface area contributed by atoms with E-state index in [1.54, 1.807) is 24.3 Å². The van der Waals surface area contributed by atoms with Crippen LogP contribution in [0.3, 0.4) is 0 Å². The van der Waals surface area contributed by atoms with E-state index in [0.29, 0.717) is 24.1 Å². The van der Waals surface area contributed by atoms with Crippen LogP contribution in [0.25, 0.3) is 0 Å². The molecule has 23 heavy (non-hydrogen) atoms. The van der Waals surface area contributed by atoms with Crippen LogP contribution < -0.4 is 4.74 Å². The summed E-state index contributed by atoms with van der Waals surface area (Å²) in [6.45, 7) is 7.91. The minimum Gasteiger partial charge on any atom is -0.494 e. The Kier molecular flexibility index (Phi) is 6.16. The fourth-order valence-electron chi connectivity index (χ4n) is 2.56. The van der Waals surface area contributed by atoms with Crippen molar-refractivity contribution in [1.82, 2.24) is 4.90 Å². The molecule has 0 radical (unpaired) electrons. The van der Waals surface area contributed by atoms with Gasteiger partial charge in [0.15, 0.2) is 0 Å². The molecule has 2 rings (SSSR count). The Morgan fingerprint density at radius 3 is 2.65 bits per heavy atom. The molecule has 126 valence electrons. The third-order valence-electron chi connectivity index (χ3n) is 4.20. The lowest BCUT2D eigenvalue weighted by atomic mass is 9.93. The first-order valence-electron chi connectivity index (χ1n) is 8.22. The van der Waals surface area contributed by atoms with Crippen molar-refractivity contribution in [3.63, 3.8) is 0 Å². The predicted octanol–water partition coefficient (Wildman–Crippen LogP) is 3.35. The summed E-state index contributed by atoms with van der Waals surface area (Å²) >= 11 is 0. The van der Waals surface area contributed by atoms with Crippen molar-refractivity contribution >= 4 is 11.7 Å². The zero-order chi connectivity index (χ0) is 16.8. The van der Waals surface area contributed by atoms with Crippen LogP contribution in [0.1, 0.15) is 44.0 Å². The number of piperidine rings is 1. The predicted molar refractivity (Wildman–Crippen MR) is 91.0 cm³/mol. The number of likely N-dealkylation sites (tertiary alicyclic amines) is 1. The van der Waals surface area contributed by atoms with Crippen LogP contribution in [-0.4, -0.2) is 42.8 Å². The fraction of sp³-hybridized carbons (Fsp3) is 0.556. The molecule has 0 saturated carbocycles. The highest BCUT2D eigenvalue weighted by molar-refractivity contribution is 5.92. The van der Waals surface area contributed by atoms with Crippen molar-refractivity contribution in [2.24, 2.45) is 11.1 Å². The van der Waals surface area contributed by atoms with E-state index in [4.69, 9.17) is 9.57 Å². The molecule has 2 atom stereocenters. The third-order valence-corrected chi connectivity index (χ3v) is 4.20. The summed E-state index contributed by atoms with van der Waals surface area (Å²) < 4.78 is 5.50. The second kappa shape index (κ2) is 8.11. The molecule has 5 heteroatoms. The summed E-state index contributed by atoms with van der Waals surface area (Å²) in [5.74, 6) is 0.625. The average molecular weight is 318 g/mol. The number of oxime groups is 1. The highest BCUT2D eigenvalue weighted by Crippen LogP contribution is 2.19. The molecule has 1 aromatic rings. The molecule has 0 amide bonds. The summed E-state index contributed by atoms with van der Waals surface area (Å²) in [5.41, 5.74) is 1.43. The quantitative estimate of drug-likeness (QED) is 0.617. The zero-order valence-electron chi connectivity index (χ0n) is 14.4. The maximum absolute atomic E-state index is 12.1. The molecule has 0 aliphatic carbocycles. The molecule has 1 fully saturated rings. The third kappa shape index (κ3) is 4.79. The van der Waals surface area contributed by atoms with E-state index in [0.717, 1.165) is 30.8 Å². The normalized spacial score (nSPS) is 23.7. The summed E-state index contributed by atoms with van der Waals surface area (Å²) in [6.07, 6.45) is 1.78. The Hall–Kier alpha value is -1.88. The Labute approximate surface area is 138 Å². The van der Waals surface area contributed by atoms with E-state index >= 15 is 0 Å². The van der Waals surface area contributed by atoms with E-state index in [2.05, 4.69) is 37.9 Å². The zero-order valence-corrected chi connectivity index (χ0v) is 14.4. The smallest absolute Gasteiger partial charge is 0.365 e. The number of hydrogen-bond donors (Lipinski definition) is 0. The summed E-state index contributed by atoms with van der Waals surface area (Å²) in [4.78, 5) is 19.5. The van der Waals surface area contributed by atoms with E-state index < -0.39 is 5.97 Å². The van der Waals surface area contributed by atoms with Gasteiger partial charge in [0, 0.05) is 24.9 Å². The molecule has 5 nitrogen and oxygen atoms in total. The molecule has 0 unspecified atom stereocenters. The van der Waals surface area contributed by atoms with Crippen molar-refractivity contribution in [3.05, 3.63) is 29.8 Å². The van der Waals surface area contributed by atoms with Crippen LogP contribution in [-0.2, 0) is 4.84 Å². The molecular formula is C18H26N2O3. The van der Waals surface area contributed by atoms with Crippen LogP contribution in [0.4, 0.5) is 0 Å². The van der Waals surface area contributed by atoms with Gasteiger partial charge in [-0.2, -0.15) is 0 Å². The summed E-state index contributed by atoms with van der Waals surface area (Å²) in [5, 5.41) is 4.11. The van der Waals surface area contributed by atoms with Gasteiger partial charge in [-0.05, 0) is 44.7 Å². The number of carbonyl (C=O) groups excluding carboxylic acids is 1. The maximum Gasteiger partial charge on any atom is 0.365 e. The second-order valence-corrected chi connectivity index (χ2v) is 6.23. The lowest BCUT2D eigenvalue weighted by molar-refractivity contribution is 0.0508. The van der Waals surface area contributed by atoms with Gasteiger partial charge in [0.2, 0.25) is 0 Å². The molecule has 0 aromatic heterocycles. The van der Waals surface area contributed by atoms with Crippen molar-refractivity contribution in [2.75, 3.05) is 20.2 Å². The molecule has 0 spiro atoms. The topological polar surface area (TPSA) is 51.1 Å². The fourth-order valence-corrected chi connectivity index (χ4v) is 2.56. The molecule has 1 heterocycles. The van der Waals surface area contributed by atoms with Gasteiger partial charge in [-0.3, -0.25) is 0 Å². The van der Waals surface area contributed by atoms with Crippen molar-refractivity contribution in [3.8, 4) is 5.75 Å². The maximum atomic E-state index is 12.1. The molecule has 1 aliphatic rings. The lowest BCUT2D eigenvalue weighted by Gasteiger charge is -2.34. The molecular weight excluding hydrogens is 292 g/mol. The van der Waals surface area contributed by atoms with E-state index in [-0.39, 0.29) is 0 Å². The summed E-state index contributed by atoms with van der Waals surface area (Å²) in [6, 6.07) is 7.38. The molecule has 0 N–H and O–H groups in total. The van der Waals surface area contributed by atoms with Crippen LogP contribution in [0, 0.1) is 5.92 Å². The van der Waals surface area contributed by atoms with E-state index in [1.165, 1.54) is 0 Å². The van der Waals surface area contributed by atoms with Crippen LogP contribution in [0.2, 0.25) is 0 Å². The van der Waals surface area contributed by atoms with Gasteiger partial charge in [0.05, 0.1) is 17.9 Å². The van der Waals surface area contributed by atoms with Crippen LogP contribution in [0.5, 0.6) is 5.75 Å². The largest absolute Gasteiger partial charge is 0.494 e. The van der Waals surface area contributed by atoms with Crippen LogP contribution in [0.15, 0.2) is 29.4 Å². The SMILES string of the molecule is CCCOc1ccc(C(=O)ON=C2C[C@@H](C)N(C)C[C@@H]2C)cc1.